The van der Waals surface area contributed by atoms with Gasteiger partial charge in [-0.3, -0.25) is 14.9 Å². The summed E-state index contributed by atoms with van der Waals surface area (Å²) in [4.78, 5) is 34.3. The number of amides is 1. The number of nitrogens with zero attached hydrogens (tertiary/aromatic N) is 1. The second kappa shape index (κ2) is 10.6. The number of non-ortho nitro benzene ring substituents is 1. The lowest BCUT2D eigenvalue weighted by molar-refractivity contribution is -0.384. The van der Waals surface area contributed by atoms with E-state index >= 15 is 0 Å². The van der Waals surface area contributed by atoms with Gasteiger partial charge < -0.3 is 19.5 Å². The molecule has 0 saturated carbocycles. The van der Waals surface area contributed by atoms with Crippen LogP contribution in [-0.2, 0) is 9.53 Å². The van der Waals surface area contributed by atoms with Gasteiger partial charge in [-0.15, -0.1) is 0 Å². The number of nitrogens with one attached hydrogen (secondary N) is 1. The van der Waals surface area contributed by atoms with Crippen LogP contribution < -0.4 is 14.8 Å². The number of carbonyl (C=O) groups excluding carboxylic acids is 2. The van der Waals surface area contributed by atoms with Crippen molar-refractivity contribution in [3.8, 4) is 11.5 Å². The van der Waals surface area contributed by atoms with Gasteiger partial charge in [0.25, 0.3) is 11.6 Å². The number of hydrogen-bond donors (Lipinski definition) is 1. The molecule has 9 heteroatoms. The molecule has 0 unspecified atom stereocenters. The molecule has 2 aromatic rings. The molecule has 0 aromatic heterocycles. The third kappa shape index (κ3) is 6.49. The van der Waals surface area contributed by atoms with E-state index in [4.69, 9.17) is 14.2 Å². The summed E-state index contributed by atoms with van der Waals surface area (Å²) in [6.45, 7) is 2.05. The molecule has 0 bridgehead atoms. The van der Waals surface area contributed by atoms with E-state index in [2.05, 4.69) is 5.32 Å². The van der Waals surface area contributed by atoms with Gasteiger partial charge in [0.2, 0.25) is 0 Å². The SMILES string of the molecule is CCCCOC(=O)c1ccc(OCC(=O)Nc2cc([N+](=O)[O-])ccc2OC)cc1. The Balaban J connectivity index is 1.92. The second-order valence-corrected chi connectivity index (χ2v) is 5.99. The quantitative estimate of drug-likeness (QED) is 0.279. The maximum Gasteiger partial charge on any atom is 0.338 e. The molecule has 0 atom stereocenters. The van der Waals surface area contributed by atoms with E-state index in [9.17, 15) is 19.7 Å². The summed E-state index contributed by atoms with van der Waals surface area (Å²) in [5.74, 6) is -0.265. The normalized spacial score (nSPS) is 10.1. The molecule has 1 N–H and O–H groups in total. The molecule has 2 aromatic carbocycles. The van der Waals surface area contributed by atoms with Crippen molar-refractivity contribution in [2.45, 2.75) is 19.8 Å². The maximum absolute atomic E-state index is 12.1. The Labute approximate surface area is 167 Å². The van der Waals surface area contributed by atoms with Crippen molar-refractivity contribution in [3.05, 3.63) is 58.1 Å². The predicted octanol–water partition coefficient (Wildman–Crippen LogP) is 3.58. The highest BCUT2D eigenvalue weighted by Gasteiger charge is 2.14. The minimum atomic E-state index is -0.569. The smallest absolute Gasteiger partial charge is 0.338 e. The Hall–Kier alpha value is -3.62. The monoisotopic (exact) mass is 402 g/mol. The molecule has 0 aliphatic carbocycles. The first kappa shape index (κ1) is 21.7. The van der Waals surface area contributed by atoms with Gasteiger partial charge in [0.15, 0.2) is 6.61 Å². The number of nitro benzene ring substituents is 1. The van der Waals surface area contributed by atoms with E-state index < -0.39 is 16.8 Å². The van der Waals surface area contributed by atoms with Crippen LogP contribution >= 0.6 is 0 Å². The number of ether oxygens (including phenoxy) is 3. The van der Waals surface area contributed by atoms with Crippen molar-refractivity contribution in [2.24, 2.45) is 0 Å². The lowest BCUT2D eigenvalue weighted by atomic mass is 10.2. The lowest BCUT2D eigenvalue weighted by Crippen LogP contribution is -2.20. The number of anilines is 1. The molecule has 29 heavy (non-hydrogen) atoms. The third-order valence-corrected chi connectivity index (χ3v) is 3.86. The molecule has 1 amide bonds. The van der Waals surface area contributed by atoms with Gasteiger partial charge >= 0.3 is 5.97 Å². The van der Waals surface area contributed by atoms with E-state index in [1.807, 2.05) is 6.92 Å². The van der Waals surface area contributed by atoms with Crippen LogP contribution in [0.1, 0.15) is 30.1 Å². The Morgan fingerprint density at radius 3 is 2.48 bits per heavy atom. The van der Waals surface area contributed by atoms with Crippen molar-refractivity contribution in [1.82, 2.24) is 0 Å². The molecular weight excluding hydrogens is 380 g/mol. The van der Waals surface area contributed by atoms with Crippen molar-refractivity contribution in [1.29, 1.82) is 0 Å². The first-order valence-electron chi connectivity index (χ1n) is 8.97. The van der Waals surface area contributed by atoms with E-state index in [-0.39, 0.29) is 23.7 Å². The number of nitro groups is 1. The summed E-state index contributed by atoms with van der Waals surface area (Å²) in [6.07, 6.45) is 1.74. The topological polar surface area (TPSA) is 117 Å². The van der Waals surface area contributed by atoms with Crippen LogP contribution in [0.15, 0.2) is 42.5 Å². The van der Waals surface area contributed by atoms with Crippen LogP contribution in [0.25, 0.3) is 0 Å². The van der Waals surface area contributed by atoms with Crippen molar-refractivity contribution >= 4 is 23.3 Å². The van der Waals surface area contributed by atoms with Crippen LogP contribution in [-0.4, -0.2) is 37.1 Å². The highest BCUT2D eigenvalue weighted by molar-refractivity contribution is 5.94. The summed E-state index contributed by atoms with van der Waals surface area (Å²) in [5.41, 5.74) is 0.378. The van der Waals surface area contributed by atoms with Gasteiger partial charge in [0.05, 0.1) is 29.9 Å². The second-order valence-electron chi connectivity index (χ2n) is 5.99. The van der Waals surface area contributed by atoms with Crippen molar-refractivity contribution < 1.29 is 28.7 Å². The molecule has 0 spiro atoms. The minimum Gasteiger partial charge on any atom is -0.495 e. The third-order valence-electron chi connectivity index (χ3n) is 3.86. The number of unbranched alkanes of at least 4 members (excludes halogenated alkanes) is 1. The number of rotatable bonds is 10. The number of carbonyl (C=O) groups is 2. The first-order chi connectivity index (χ1) is 13.9. The standard InChI is InChI=1S/C20H22N2O7/c1-3-4-11-28-20(24)14-5-8-16(9-6-14)29-13-19(23)21-17-12-15(22(25)26)7-10-18(17)27-2/h5-10,12H,3-4,11,13H2,1-2H3,(H,21,23). The molecule has 2 rings (SSSR count). The van der Waals surface area contributed by atoms with Crippen LogP contribution in [0, 0.1) is 10.1 Å². The first-order valence-corrected chi connectivity index (χ1v) is 8.97. The van der Waals surface area contributed by atoms with Crippen LogP contribution in [0.3, 0.4) is 0 Å². The Bertz CT molecular complexity index is 866. The minimum absolute atomic E-state index is 0.167. The molecule has 0 aliphatic heterocycles. The fraction of sp³-hybridized carbons (Fsp3) is 0.300. The number of esters is 1. The number of hydrogen-bond acceptors (Lipinski definition) is 7. The largest absolute Gasteiger partial charge is 0.495 e. The van der Waals surface area contributed by atoms with Crippen LogP contribution in [0.4, 0.5) is 11.4 Å². The highest BCUT2D eigenvalue weighted by atomic mass is 16.6. The van der Waals surface area contributed by atoms with Gasteiger partial charge in [-0.05, 0) is 36.8 Å². The van der Waals surface area contributed by atoms with E-state index in [1.54, 1.807) is 24.3 Å². The number of benzene rings is 2. The maximum atomic E-state index is 12.1. The average molecular weight is 402 g/mol. The van der Waals surface area contributed by atoms with Gasteiger partial charge in [-0.25, -0.2) is 4.79 Å². The van der Waals surface area contributed by atoms with E-state index in [1.165, 1.54) is 25.3 Å². The molecule has 0 radical (unpaired) electrons. The zero-order valence-electron chi connectivity index (χ0n) is 16.2. The molecule has 0 heterocycles. The molecule has 0 saturated heterocycles. The Morgan fingerprint density at radius 1 is 1.14 bits per heavy atom. The Kier molecular flexibility index (Phi) is 7.96. The number of methoxy groups -OCH3 is 1. The van der Waals surface area contributed by atoms with E-state index in [0.717, 1.165) is 12.8 Å². The fourth-order valence-corrected chi connectivity index (χ4v) is 2.32. The fourth-order valence-electron chi connectivity index (χ4n) is 2.32. The lowest BCUT2D eigenvalue weighted by Gasteiger charge is -2.11. The highest BCUT2D eigenvalue weighted by Crippen LogP contribution is 2.28. The van der Waals surface area contributed by atoms with Crippen LogP contribution in [0.5, 0.6) is 11.5 Å². The molecule has 154 valence electrons. The predicted molar refractivity (Wildman–Crippen MR) is 105 cm³/mol. The van der Waals surface area contributed by atoms with Gasteiger partial charge in [-0.1, -0.05) is 13.3 Å². The summed E-state index contributed by atoms with van der Waals surface area (Å²) < 4.78 is 15.6. The van der Waals surface area contributed by atoms with Crippen molar-refractivity contribution in [3.63, 3.8) is 0 Å². The summed E-state index contributed by atoms with van der Waals surface area (Å²) in [6, 6.07) is 10.1. The van der Waals surface area contributed by atoms with Gasteiger partial charge in [0, 0.05) is 12.1 Å². The zero-order chi connectivity index (χ0) is 21.2. The average Bonchev–Trinajstić information content (AvgIpc) is 2.72. The summed E-state index contributed by atoms with van der Waals surface area (Å²) in [7, 11) is 1.39. The summed E-state index contributed by atoms with van der Waals surface area (Å²) >= 11 is 0. The molecule has 0 aliphatic rings. The van der Waals surface area contributed by atoms with Gasteiger partial charge in [0.1, 0.15) is 11.5 Å². The van der Waals surface area contributed by atoms with Crippen LogP contribution in [0.2, 0.25) is 0 Å². The van der Waals surface area contributed by atoms with Crippen molar-refractivity contribution in [2.75, 3.05) is 25.6 Å². The molecule has 9 nitrogen and oxygen atoms in total. The summed E-state index contributed by atoms with van der Waals surface area (Å²) in [5, 5.41) is 13.4. The molecule has 0 fully saturated rings. The zero-order valence-corrected chi connectivity index (χ0v) is 16.2. The molecular formula is C20H22N2O7. The van der Waals surface area contributed by atoms with Gasteiger partial charge in [-0.2, -0.15) is 0 Å². The van der Waals surface area contributed by atoms with E-state index in [0.29, 0.717) is 17.9 Å². The Morgan fingerprint density at radius 2 is 1.86 bits per heavy atom.